The van der Waals surface area contributed by atoms with Crippen LogP contribution in [0.15, 0.2) is 48.5 Å². The fraction of sp³-hybridized carbons (Fsp3) is 0.304. The van der Waals surface area contributed by atoms with Crippen molar-refractivity contribution in [1.82, 2.24) is 16.0 Å². The lowest BCUT2D eigenvalue weighted by molar-refractivity contribution is -0.141. The van der Waals surface area contributed by atoms with Gasteiger partial charge in [-0.15, -0.1) is 0 Å². The summed E-state index contributed by atoms with van der Waals surface area (Å²) < 4.78 is 0. The molecular weight excluding hydrogens is 444 g/mol. The van der Waals surface area contributed by atoms with Crippen LogP contribution in [-0.2, 0) is 32.0 Å². The molecule has 3 atom stereocenters. The maximum Gasteiger partial charge on any atom is 0.326 e. The smallest absolute Gasteiger partial charge is 0.326 e. The number of carboxylic acid groups (broad SMARTS) is 1. The van der Waals surface area contributed by atoms with Crippen LogP contribution in [0.3, 0.4) is 0 Å². The molecule has 3 unspecified atom stereocenters. The Kier molecular flexibility index (Phi) is 9.38. The van der Waals surface area contributed by atoms with Crippen LogP contribution in [0.25, 0.3) is 0 Å². The van der Waals surface area contributed by atoms with Crippen LogP contribution >= 0.6 is 0 Å². The Hall–Kier alpha value is -4.12. The van der Waals surface area contributed by atoms with E-state index in [-0.39, 0.29) is 24.3 Å². The standard InChI is InChI=1S/C23H28N4O7/c1-13(24)21(31)27-18(10-14-2-6-16(28)7-3-14)22(32)25-12-20(30)26-19(23(33)34)11-15-4-8-17(29)9-5-15/h2-9,13,18-19,28-29H,10-12,24H2,1H3,(H,25,32)(H,26,30)(H,27,31)(H,33,34). The van der Waals surface area contributed by atoms with E-state index in [1.807, 2.05) is 0 Å². The molecule has 0 saturated carbocycles. The SMILES string of the molecule is CC(N)C(=O)NC(Cc1ccc(O)cc1)C(=O)NCC(=O)NC(Cc1ccc(O)cc1)C(=O)O. The summed E-state index contributed by atoms with van der Waals surface area (Å²) in [5, 5.41) is 35.4. The number of aromatic hydroxyl groups is 2. The highest BCUT2D eigenvalue weighted by Gasteiger charge is 2.25. The number of hydrogen-bond donors (Lipinski definition) is 7. The second-order valence-electron chi connectivity index (χ2n) is 7.77. The molecule has 182 valence electrons. The summed E-state index contributed by atoms with van der Waals surface area (Å²) in [4.78, 5) is 48.6. The first-order chi connectivity index (χ1) is 16.0. The summed E-state index contributed by atoms with van der Waals surface area (Å²) >= 11 is 0. The third-order valence-electron chi connectivity index (χ3n) is 4.86. The molecule has 0 heterocycles. The van der Waals surface area contributed by atoms with Gasteiger partial charge >= 0.3 is 5.97 Å². The molecule has 0 aromatic heterocycles. The number of carbonyl (C=O) groups is 4. The average Bonchev–Trinajstić information content (AvgIpc) is 2.79. The monoisotopic (exact) mass is 472 g/mol. The van der Waals surface area contributed by atoms with Crippen LogP contribution in [0, 0.1) is 0 Å². The molecule has 0 aliphatic heterocycles. The van der Waals surface area contributed by atoms with Crippen LogP contribution in [-0.4, -0.2) is 63.7 Å². The number of nitrogens with two attached hydrogens (primary N) is 1. The lowest BCUT2D eigenvalue weighted by atomic mass is 10.0. The number of nitrogens with one attached hydrogen (secondary N) is 3. The fourth-order valence-electron chi connectivity index (χ4n) is 2.98. The van der Waals surface area contributed by atoms with Gasteiger partial charge in [0.25, 0.3) is 0 Å². The van der Waals surface area contributed by atoms with E-state index in [0.29, 0.717) is 11.1 Å². The van der Waals surface area contributed by atoms with Crippen molar-refractivity contribution in [1.29, 1.82) is 0 Å². The quantitative estimate of drug-likeness (QED) is 0.225. The second kappa shape index (κ2) is 12.2. The molecule has 0 radical (unpaired) electrons. The lowest BCUT2D eigenvalue weighted by Crippen LogP contribution is -2.54. The minimum absolute atomic E-state index is 0.0246. The van der Waals surface area contributed by atoms with E-state index in [1.54, 1.807) is 12.1 Å². The Balaban J connectivity index is 1.99. The van der Waals surface area contributed by atoms with E-state index < -0.39 is 48.4 Å². The molecule has 11 heteroatoms. The molecule has 0 spiro atoms. The van der Waals surface area contributed by atoms with Crippen LogP contribution in [0.1, 0.15) is 18.1 Å². The Morgan fingerprint density at radius 1 is 0.794 bits per heavy atom. The van der Waals surface area contributed by atoms with Gasteiger partial charge in [0.1, 0.15) is 23.6 Å². The molecule has 3 amide bonds. The van der Waals surface area contributed by atoms with Crippen molar-refractivity contribution >= 4 is 23.7 Å². The van der Waals surface area contributed by atoms with Gasteiger partial charge in [-0.1, -0.05) is 24.3 Å². The van der Waals surface area contributed by atoms with Gasteiger partial charge in [-0.2, -0.15) is 0 Å². The summed E-state index contributed by atoms with van der Waals surface area (Å²) in [7, 11) is 0. The molecule has 34 heavy (non-hydrogen) atoms. The maximum absolute atomic E-state index is 12.7. The number of benzene rings is 2. The van der Waals surface area contributed by atoms with Crippen molar-refractivity contribution in [3.05, 3.63) is 59.7 Å². The zero-order valence-corrected chi connectivity index (χ0v) is 18.5. The topological polar surface area (TPSA) is 191 Å². The van der Waals surface area contributed by atoms with Crippen molar-refractivity contribution in [2.24, 2.45) is 5.73 Å². The van der Waals surface area contributed by atoms with Crippen molar-refractivity contribution < 1.29 is 34.5 Å². The fourth-order valence-corrected chi connectivity index (χ4v) is 2.98. The average molecular weight is 472 g/mol. The molecule has 0 aliphatic carbocycles. The normalized spacial score (nSPS) is 13.2. The van der Waals surface area contributed by atoms with Gasteiger partial charge in [-0.05, 0) is 42.3 Å². The number of hydrogen-bond acceptors (Lipinski definition) is 7. The number of amides is 3. The second-order valence-corrected chi connectivity index (χ2v) is 7.77. The molecule has 0 fully saturated rings. The van der Waals surface area contributed by atoms with Gasteiger partial charge in [0.05, 0.1) is 12.6 Å². The molecular formula is C23H28N4O7. The Labute approximate surface area is 196 Å². The van der Waals surface area contributed by atoms with Crippen LogP contribution in [0.4, 0.5) is 0 Å². The third-order valence-corrected chi connectivity index (χ3v) is 4.86. The molecule has 2 aromatic carbocycles. The number of phenols is 2. The zero-order chi connectivity index (χ0) is 25.3. The summed E-state index contributed by atoms with van der Waals surface area (Å²) in [6, 6.07) is 8.75. The van der Waals surface area contributed by atoms with Gasteiger partial charge in [-0.25, -0.2) is 4.79 Å². The number of phenolic OH excluding ortho intramolecular Hbond substituents is 2. The molecule has 0 bridgehead atoms. The van der Waals surface area contributed by atoms with Gasteiger partial charge in [0, 0.05) is 12.8 Å². The van der Waals surface area contributed by atoms with Gasteiger partial charge in [-0.3, -0.25) is 14.4 Å². The van der Waals surface area contributed by atoms with Gasteiger partial charge in [0.15, 0.2) is 0 Å². The van der Waals surface area contributed by atoms with E-state index in [9.17, 15) is 34.5 Å². The first-order valence-electron chi connectivity index (χ1n) is 10.5. The molecule has 2 aromatic rings. The van der Waals surface area contributed by atoms with Crippen LogP contribution in [0.5, 0.6) is 11.5 Å². The molecule has 11 nitrogen and oxygen atoms in total. The summed E-state index contributed by atoms with van der Waals surface area (Å²) in [5.41, 5.74) is 6.79. The number of rotatable bonds is 11. The van der Waals surface area contributed by atoms with E-state index in [2.05, 4.69) is 16.0 Å². The van der Waals surface area contributed by atoms with E-state index in [1.165, 1.54) is 43.3 Å². The molecule has 0 saturated heterocycles. The molecule has 8 N–H and O–H groups in total. The Bertz CT molecular complexity index is 1010. The van der Waals surface area contributed by atoms with Crippen LogP contribution < -0.4 is 21.7 Å². The summed E-state index contributed by atoms with van der Waals surface area (Å²) in [6.07, 6.45) is 0.0496. The van der Waals surface area contributed by atoms with E-state index in [4.69, 9.17) is 5.73 Å². The predicted octanol–water partition coefficient (Wildman–Crippen LogP) is -0.599. The lowest BCUT2D eigenvalue weighted by Gasteiger charge is -2.20. The Morgan fingerprint density at radius 2 is 1.26 bits per heavy atom. The van der Waals surface area contributed by atoms with Crippen molar-refractivity contribution in [3.63, 3.8) is 0 Å². The minimum Gasteiger partial charge on any atom is -0.508 e. The number of carbonyl (C=O) groups excluding carboxylic acids is 3. The van der Waals surface area contributed by atoms with Crippen molar-refractivity contribution in [3.8, 4) is 11.5 Å². The first-order valence-corrected chi connectivity index (χ1v) is 10.5. The maximum atomic E-state index is 12.7. The van der Waals surface area contributed by atoms with E-state index >= 15 is 0 Å². The van der Waals surface area contributed by atoms with Crippen molar-refractivity contribution in [2.45, 2.75) is 37.9 Å². The molecule has 0 aliphatic rings. The summed E-state index contributed by atoms with van der Waals surface area (Å²) in [5.74, 6) is -3.16. The summed E-state index contributed by atoms with van der Waals surface area (Å²) in [6.45, 7) is 0.941. The zero-order valence-electron chi connectivity index (χ0n) is 18.5. The van der Waals surface area contributed by atoms with E-state index in [0.717, 1.165) is 0 Å². The Morgan fingerprint density at radius 3 is 1.71 bits per heavy atom. The largest absolute Gasteiger partial charge is 0.508 e. The first kappa shape index (κ1) is 26.1. The number of carboxylic acids is 1. The van der Waals surface area contributed by atoms with Crippen LogP contribution in [0.2, 0.25) is 0 Å². The number of aliphatic carboxylic acids is 1. The predicted molar refractivity (Wildman–Crippen MR) is 122 cm³/mol. The van der Waals surface area contributed by atoms with Gasteiger partial charge in [0.2, 0.25) is 17.7 Å². The highest BCUT2D eigenvalue weighted by atomic mass is 16.4. The molecule has 2 rings (SSSR count). The van der Waals surface area contributed by atoms with Crippen molar-refractivity contribution in [2.75, 3.05) is 6.54 Å². The minimum atomic E-state index is -1.26. The highest BCUT2D eigenvalue weighted by molar-refractivity contribution is 5.92. The third kappa shape index (κ3) is 8.43. The highest BCUT2D eigenvalue weighted by Crippen LogP contribution is 2.12. The van der Waals surface area contributed by atoms with Gasteiger partial charge < -0.3 is 37.0 Å².